The van der Waals surface area contributed by atoms with Gasteiger partial charge in [-0.1, -0.05) is 6.07 Å². The summed E-state index contributed by atoms with van der Waals surface area (Å²) >= 11 is 0. The second-order valence-electron chi connectivity index (χ2n) is 4.40. The van der Waals surface area contributed by atoms with Gasteiger partial charge >= 0.3 is 0 Å². The zero-order valence-electron chi connectivity index (χ0n) is 9.24. The molecule has 0 saturated heterocycles. The maximum atomic E-state index is 5.81. The van der Waals surface area contributed by atoms with Gasteiger partial charge in [-0.05, 0) is 33.8 Å². The van der Waals surface area contributed by atoms with E-state index in [-0.39, 0.29) is 11.6 Å². The maximum Gasteiger partial charge on any atom is 0.218 e. The second kappa shape index (κ2) is 3.96. The third-order valence-corrected chi connectivity index (χ3v) is 1.69. The highest BCUT2D eigenvalue weighted by molar-refractivity contribution is 5.28. The molecule has 1 aromatic heterocycles. The molecule has 3 nitrogen and oxygen atoms in total. The quantitative estimate of drug-likeness (QED) is 0.785. The van der Waals surface area contributed by atoms with Gasteiger partial charge in [-0.15, -0.1) is 0 Å². The van der Waals surface area contributed by atoms with Crippen LogP contribution in [0.4, 0.5) is 0 Å². The van der Waals surface area contributed by atoms with Gasteiger partial charge in [0.2, 0.25) is 5.88 Å². The summed E-state index contributed by atoms with van der Waals surface area (Å²) in [7, 11) is 0. The standard InChI is InChI=1S/C11H18N2O/c1-8(12)9-6-5-7-13-10(9)14-11(2,3)4/h5-8H,12H2,1-4H3/t8-/m1/s1. The first-order valence-corrected chi connectivity index (χ1v) is 4.79. The summed E-state index contributed by atoms with van der Waals surface area (Å²) in [5.74, 6) is 0.634. The molecule has 1 heterocycles. The molecular weight excluding hydrogens is 176 g/mol. The number of hydrogen-bond acceptors (Lipinski definition) is 3. The maximum absolute atomic E-state index is 5.81. The van der Waals surface area contributed by atoms with Crippen LogP contribution in [0.5, 0.6) is 5.88 Å². The van der Waals surface area contributed by atoms with Gasteiger partial charge in [0.1, 0.15) is 5.60 Å². The van der Waals surface area contributed by atoms with E-state index < -0.39 is 0 Å². The molecule has 0 aliphatic rings. The van der Waals surface area contributed by atoms with E-state index in [4.69, 9.17) is 10.5 Å². The van der Waals surface area contributed by atoms with Crippen LogP contribution in [0.15, 0.2) is 18.3 Å². The van der Waals surface area contributed by atoms with Crippen molar-refractivity contribution in [3.8, 4) is 5.88 Å². The van der Waals surface area contributed by atoms with E-state index in [1.807, 2.05) is 39.8 Å². The normalized spacial score (nSPS) is 13.8. The predicted molar refractivity (Wildman–Crippen MR) is 57.2 cm³/mol. The monoisotopic (exact) mass is 194 g/mol. The lowest BCUT2D eigenvalue weighted by Crippen LogP contribution is -2.25. The molecule has 1 aromatic rings. The van der Waals surface area contributed by atoms with Crippen LogP contribution in [0.2, 0.25) is 0 Å². The average Bonchev–Trinajstić information content (AvgIpc) is 2.01. The molecule has 78 valence electrons. The Kier molecular flexibility index (Phi) is 3.11. The number of hydrogen-bond donors (Lipinski definition) is 1. The highest BCUT2D eigenvalue weighted by atomic mass is 16.5. The van der Waals surface area contributed by atoms with Crippen molar-refractivity contribution < 1.29 is 4.74 Å². The average molecular weight is 194 g/mol. The summed E-state index contributed by atoms with van der Waals surface area (Å²) in [5.41, 5.74) is 6.52. The Balaban J connectivity index is 2.96. The van der Waals surface area contributed by atoms with Gasteiger partial charge in [0.25, 0.3) is 0 Å². The number of rotatable bonds is 2. The van der Waals surface area contributed by atoms with Crippen LogP contribution in [0.1, 0.15) is 39.3 Å². The molecule has 1 rings (SSSR count). The van der Waals surface area contributed by atoms with Gasteiger partial charge < -0.3 is 10.5 Å². The summed E-state index contributed by atoms with van der Waals surface area (Å²) in [5, 5.41) is 0. The van der Waals surface area contributed by atoms with Crippen LogP contribution in [0, 0.1) is 0 Å². The second-order valence-corrected chi connectivity index (χ2v) is 4.40. The van der Waals surface area contributed by atoms with Crippen LogP contribution in [-0.4, -0.2) is 10.6 Å². The van der Waals surface area contributed by atoms with E-state index in [0.717, 1.165) is 5.56 Å². The van der Waals surface area contributed by atoms with Gasteiger partial charge in [-0.25, -0.2) is 4.98 Å². The van der Waals surface area contributed by atoms with Gasteiger partial charge in [0.15, 0.2) is 0 Å². The van der Waals surface area contributed by atoms with E-state index in [9.17, 15) is 0 Å². The number of nitrogens with zero attached hydrogens (tertiary/aromatic N) is 1. The van der Waals surface area contributed by atoms with Crippen molar-refractivity contribution in [2.24, 2.45) is 5.73 Å². The fourth-order valence-electron chi connectivity index (χ4n) is 1.13. The van der Waals surface area contributed by atoms with E-state index in [1.54, 1.807) is 6.20 Å². The highest BCUT2D eigenvalue weighted by Gasteiger charge is 2.16. The SMILES string of the molecule is C[C@@H](N)c1cccnc1OC(C)(C)C. The molecule has 0 aromatic carbocycles. The van der Waals surface area contributed by atoms with Crippen LogP contribution in [-0.2, 0) is 0 Å². The largest absolute Gasteiger partial charge is 0.472 e. The van der Waals surface area contributed by atoms with Gasteiger partial charge in [0.05, 0.1) is 0 Å². The van der Waals surface area contributed by atoms with Crippen LogP contribution >= 0.6 is 0 Å². The Labute approximate surface area is 85.3 Å². The summed E-state index contributed by atoms with van der Waals surface area (Å²) in [6, 6.07) is 3.76. The molecule has 0 spiro atoms. The Morgan fingerprint density at radius 2 is 2.07 bits per heavy atom. The van der Waals surface area contributed by atoms with Crippen molar-refractivity contribution in [2.75, 3.05) is 0 Å². The summed E-state index contributed by atoms with van der Waals surface area (Å²) < 4.78 is 5.70. The predicted octanol–water partition coefficient (Wildman–Crippen LogP) is 2.28. The Bertz CT molecular complexity index is 302. The van der Waals surface area contributed by atoms with Gasteiger partial charge in [-0.3, -0.25) is 0 Å². The smallest absolute Gasteiger partial charge is 0.218 e. The first-order chi connectivity index (χ1) is 6.40. The van der Waals surface area contributed by atoms with Crippen molar-refractivity contribution in [2.45, 2.75) is 39.3 Å². The fraction of sp³-hybridized carbons (Fsp3) is 0.545. The number of nitrogens with two attached hydrogens (primary N) is 1. The molecule has 1 atom stereocenters. The fourth-order valence-corrected chi connectivity index (χ4v) is 1.13. The van der Waals surface area contributed by atoms with E-state index in [2.05, 4.69) is 4.98 Å². The highest BCUT2D eigenvalue weighted by Crippen LogP contribution is 2.23. The van der Waals surface area contributed by atoms with E-state index in [0.29, 0.717) is 5.88 Å². The minimum atomic E-state index is -0.238. The summed E-state index contributed by atoms with van der Waals surface area (Å²) in [6.45, 7) is 7.90. The molecule has 0 aliphatic carbocycles. The van der Waals surface area contributed by atoms with Crippen molar-refractivity contribution in [1.82, 2.24) is 4.98 Å². The Hall–Kier alpha value is -1.09. The molecule has 0 amide bonds. The summed E-state index contributed by atoms with van der Waals surface area (Å²) in [6.07, 6.45) is 1.72. The molecule has 0 fully saturated rings. The first kappa shape index (κ1) is 11.0. The Morgan fingerprint density at radius 1 is 1.43 bits per heavy atom. The lowest BCUT2D eigenvalue weighted by molar-refractivity contribution is 0.122. The number of aromatic nitrogens is 1. The number of ether oxygens (including phenoxy) is 1. The van der Waals surface area contributed by atoms with Crippen LogP contribution < -0.4 is 10.5 Å². The molecule has 0 aliphatic heterocycles. The third-order valence-electron chi connectivity index (χ3n) is 1.69. The molecule has 3 heteroatoms. The van der Waals surface area contributed by atoms with Crippen molar-refractivity contribution in [3.05, 3.63) is 23.9 Å². The van der Waals surface area contributed by atoms with Crippen molar-refractivity contribution >= 4 is 0 Å². The minimum absolute atomic E-state index is 0.0546. The molecule has 14 heavy (non-hydrogen) atoms. The van der Waals surface area contributed by atoms with Crippen molar-refractivity contribution in [3.63, 3.8) is 0 Å². The molecule has 0 radical (unpaired) electrons. The molecule has 0 bridgehead atoms. The molecule has 0 unspecified atom stereocenters. The molecule has 2 N–H and O–H groups in total. The zero-order valence-corrected chi connectivity index (χ0v) is 9.24. The lowest BCUT2D eigenvalue weighted by atomic mass is 10.1. The molecular formula is C11H18N2O. The topological polar surface area (TPSA) is 48.1 Å². The first-order valence-electron chi connectivity index (χ1n) is 4.79. The van der Waals surface area contributed by atoms with Gasteiger partial charge in [0, 0.05) is 17.8 Å². The van der Waals surface area contributed by atoms with Crippen LogP contribution in [0.25, 0.3) is 0 Å². The van der Waals surface area contributed by atoms with E-state index in [1.165, 1.54) is 0 Å². The zero-order chi connectivity index (χ0) is 10.8. The summed E-state index contributed by atoms with van der Waals surface area (Å²) in [4.78, 5) is 4.18. The van der Waals surface area contributed by atoms with E-state index >= 15 is 0 Å². The van der Waals surface area contributed by atoms with Crippen molar-refractivity contribution in [1.29, 1.82) is 0 Å². The Morgan fingerprint density at radius 3 is 2.57 bits per heavy atom. The van der Waals surface area contributed by atoms with Gasteiger partial charge in [-0.2, -0.15) is 0 Å². The van der Waals surface area contributed by atoms with Crippen LogP contribution in [0.3, 0.4) is 0 Å². The third kappa shape index (κ3) is 3.00. The number of pyridine rings is 1. The lowest BCUT2D eigenvalue weighted by Gasteiger charge is -2.22. The minimum Gasteiger partial charge on any atom is -0.472 e. The molecule has 0 saturated carbocycles.